The van der Waals surface area contributed by atoms with Crippen molar-refractivity contribution in [2.24, 2.45) is 0 Å². The van der Waals surface area contributed by atoms with Gasteiger partial charge in [-0.05, 0) is 23.8 Å². The quantitative estimate of drug-likeness (QED) is 0.655. The number of ether oxygens (including phenoxy) is 1. The van der Waals surface area contributed by atoms with E-state index in [1.807, 2.05) is 0 Å². The SMILES string of the molecule is COc1ccc(C=C(C#N)C#N)cc1OS(=O)O. The molecular formula is C11H8N2O4S. The van der Waals surface area contributed by atoms with Gasteiger partial charge in [-0.2, -0.15) is 14.7 Å². The molecule has 0 bridgehead atoms. The minimum atomic E-state index is -2.48. The van der Waals surface area contributed by atoms with Crippen LogP contribution in [0.25, 0.3) is 6.08 Å². The van der Waals surface area contributed by atoms with Crippen molar-refractivity contribution < 1.29 is 17.7 Å². The number of nitriles is 2. The Bertz CT molecular complexity index is 568. The first-order valence-corrected chi connectivity index (χ1v) is 5.63. The molecule has 1 unspecified atom stereocenters. The Morgan fingerprint density at radius 2 is 2.06 bits per heavy atom. The molecular weight excluding hydrogens is 256 g/mol. The van der Waals surface area contributed by atoms with Crippen molar-refractivity contribution in [1.82, 2.24) is 0 Å². The van der Waals surface area contributed by atoms with E-state index < -0.39 is 11.4 Å². The van der Waals surface area contributed by atoms with Crippen molar-refractivity contribution in [2.45, 2.75) is 0 Å². The Hall–Kier alpha value is -2.35. The lowest BCUT2D eigenvalue weighted by Crippen LogP contribution is -1.99. The lowest BCUT2D eigenvalue weighted by atomic mass is 10.1. The third kappa shape index (κ3) is 3.59. The maximum absolute atomic E-state index is 10.6. The second-order valence-electron chi connectivity index (χ2n) is 2.99. The predicted octanol–water partition coefficient (Wildman–Crippen LogP) is 1.64. The van der Waals surface area contributed by atoms with Gasteiger partial charge in [0.25, 0.3) is 0 Å². The van der Waals surface area contributed by atoms with E-state index in [1.54, 1.807) is 18.2 Å². The second-order valence-corrected chi connectivity index (χ2v) is 3.59. The van der Waals surface area contributed by atoms with E-state index >= 15 is 0 Å². The van der Waals surface area contributed by atoms with Crippen LogP contribution < -0.4 is 8.92 Å². The summed E-state index contributed by atoms with van der Waals surface area (Å²) >= 11 is -2.48. The maximum atomic E-state index is 10.6. The summed E-state index contributed by atoms with van der Waals surface area (Å²) in [5.41, 5.74) is 0.394. The number of methoxy groups -OCH3 is 1. The molecule has 1 aromatic rings. The van der Waals surface area contributed by atoms with E-state index in [2.05, 4.69) is 4.18 Å². The largest absolute Gasteiger partial charge is 0.493 e. The lowest BCUT2D eigenvalue weighted by molar-refractivity contribution is 0.386. The molecule has 0 saturated carbocycles. The van der Waals surface area contributed by atoms with Gasteiger partial charge < -0.3 is 8.92 Å². The van der Waals surface area contributed by atoms with Gasteiger partial charge in [-0.3, -0.25) is 4.55 Å². The topological polar surface area (TPSA) is 103 Å². The van der Waals surface area contributed by atoms with Crippen LogP contribution in [0.1, 0.15) is 5.56 Å². The van der Waals surface area contributed by atoms with Crippen LogP contribution in [-0.4, -0.2) is 15.9 Å². The Labute approximate surface area is 106 Å². The highest BCUT2D eigenvalue weighted by Crippen LogP contribution is 2.29. The average Bonchev–Trinajstić information content (AvgIpc) is 2.35. The van der Waals surface area contributed by atoms with E-state index in [4.69, 9.17) is 19.8 Å². The zero-order valence-corrected chi connectivity index (χ0v) is 10.1. The smallest absolute Gasteiger partial charge is 0.357 e. The molecule has 1 aromatic carbocycles. The van der Waals surface area contributed by atoms with Crippen LogP contribution in [0.3, 0.4) is 0 Å². The highest BCUT2D eigenvalue weighted by atomic mass is 32.2. The summed E-state index contributed by atoms with van der Waals surface area (Å²) in [4.78, 5) is 0. The molecule has 0 saturated heterocycles. The highest BCUT2D eigenvalue weighted by Gasteiger charge is 2.08. The third-order valence-electron chi connectivity index (χ3n) is 1.90. The van der Waals surface area contributed by atoms with Crippen LogP contribution >= 0.6 is 0 Å². The summed E-state index contributed by atoms with van der Waals surface area (Å²) in [5.74, 6) is 0.312. The second kappa shape index (κ2) is 6.40. The van der Waals surface area contributed by atoms with Crippen molar-refractivity contribution in [3.8, 4) is 23.6 Å². The fraction of sp³-hybridized carbons (Fsp3) is 0.0909. The monoisotopic (exact) mass is 264 g/mol. The van der Waals surface area contributed by atoms with Gasteiger partial charge in [-0.1, -0.05) is 6.07 Å². The molecule has 0 spiro atoms. The molecule has 1 rings (SSSR count). The van der Waals surface area contributed by atoms with Crippen LogP contribution in [0, 0.1) is 22.7 Å². The van der Waals surface area contributed by atoms with E-state index in [9.17, 15) is 4.21 Å². The predicted molar refractivity (Wildman–Crippen MR) is 63.6 cm³/mol. The molecule has 0 heterocycles. The molecule has 92 valence electrons. The number of hydrogen-bond donors (Lipinski definition) is 1. The summed E-state index contributed by atoms with van der Waals surface area (Å²) in [6.45, 7) is 0. The summed E-state index contributed by atoms with van der Waals surface area (Å²) in [6, 6.07) is 7.89. The molecule has 0 fully saturated rings. The summed E-state index contributed by atoms with van der Waals surface area (Å²) in [6.07, 6.45) is 1.33. The van der Waals surface area contributed by atoms with Gasteiger partial charge in [-0.25, -0.2) is 0 Å². The first kappa shape index (κ1) is 13.7. The highest BCUT2D eigenvalue weighted by molar-refractivity contribution is 7.74. The molecule has 0 aromatic heterocycles. The number of rotatable bonds is 4. The van der Waals surface area contributed by atoms with Crippen molar-refractivity contribution in [3.05, 3.63) is 29.3 Å². The third-order valence-corrected chi connectivity index (χ3v) is 2.22. The average molecular weight is 264 g/mol. The molecule has 0 aliphatic rings. The van der Waals surface area contributed by atoms with Gasteiger partial charge >= 0.3 is 11.4 Å². The van der Waals surface area contributed by atoms with Crippen molar-refractivity contribution >= 4 is 17.4 Å². The van der Waals surface area contributed by atoms with E-state index in [0.717, 1.165) is 0 Å². The van der Waals surface area contributed by atoms with Crippen molar-refractivity contribution in [3.63, 3.8) is 0 Å². The van der Waals surface area contributed by atoms with Crippen LogP contribution in [-0.2, 0) is 11.4 Å². The zero-order valence-electron chi connectivity index (χ0n) is 9.28. The Balaban J connectivity index is 3.19. The van der Waals surface area contributed by atoms with Gasteiger partial charge in [0.1, 0.15) is 17.7 Å². The maximum Gasteiger partial charge on any atom is 0.357 e. The fourth-order valence-corrected chi connectivity index (χ4v) is 1.47. The standard InChI is InChI=1S/C11H8N2O4S/c1-16-10-3-2-8(4-9(6-12)7-13)5-11(10)17-18(14)15/h2-5H,1H3,(H,14,15). The first-order chi connectivity index (χ1) is 8.60. The number of allylic oxidation sites excluding steroid dienone is 1. The molecule has 0 aliphatic carbocycles. The Morgan fingerprint density at radius 3 is 2.56 bits per heavy atom. The van der Waals surface area contributed by atoms with Gasteiger partial charge in [-0.15, -0.1) is 0 Å². The van der Waals surface area contributed by atoms with Crippen molar-refractivity contribution in [2.75, 3.05) is 7.11 Å². The van der Waals surface area contributed by atoms with E-state index in [1.165, 1.54) is 25.3 Å². The van der Waals surface area contributed by atoms with Crippen LogP contribution in [0.5, 0.6) is 11.5 Å². The van der Waals surface area contributed by atoms with Crippen molar-refractivity contribution in [1.29, 1.82) is 10.5 Å². The molecule has 18 heavy (non-hydrogen) atoms. The Kier molecular flexibility index (Phi) is 4.88. The van der Waals surface area contributed by atoms with Gasteiger partial charge in [0, 0.05) is 0 Å². The summed E-state index contributed by atoms with van der Waals surface area (Å²) < 4.78 is 28.8. The normalized spacial score (nSPS) is 10.7. The fourth-order valence-electron chi connectivity index (χ4n) is 1.18. The van der Waals surface area contributed by atoms with Crippen LogP contribution in [0.4, 0.5) is 0 Å². The van der Waals surface area contributed by atoms with Crippen LogP contribution in [0.15, 0.2) is 23.8 Å². The number of hydrogen-bond acceptors (Lipinski definition) is 5. The van der Waals surface area contributed by atoms with Gasteiger partial charge in [0.15, 0.2) is 11.5 Å². The molecule has 6 nitrogen and oxygen atoms in total. The zero-order chi connectivity index (χ0) is 13.5. The lowest BCUT2D eigenvalue weighted by Gasteiger charge is -2.07. The molecule has 0 aliphatic heterocycles. The van der Waals surface area contributed by atoms with Crippen LogP contribution in [0.2, 0.25) is 0 Å². The first-order valence-electron chi connectivity index (χ1n) is 4.60. The van der Waals surface area contributed by atoms with Gasteiger partial charge in [0.2, 0.25) is 0 Å². The summed E-state index contributed by atoms with van der Waals surface area (Å²) in [5, 5.41) is 17.2. The van der Waals surface area contributed by atoms with E-state index in [-0.39, 0.29) is 17.1 Å². The molecule has 7 heteroatoms. The summed E-state index contributed by atoms with van der Waals surface area (Å²) in [7, 11) is 1.38. The molecule has 1 atom stereocenters. The molecule has 0 radical (unpaired) electrons. The minimum absolute atomic E-state index is 0.0438. The van der Waals surface area contributed by atoms with Gasteiger partial charge in [0.05, 0.1) is 7.11 Å². The molecule has 0 amide bonds. The Morgan fingerprint density at radius 1 is 1.39 bits per heavy atom. The van der Waals surface area contributed by atoms with E-state index in [0.29, 0.717) is 5.56 Å². The number of nitrogens with zero attached hydrogens (tertiary/aromatic N) is 2. The molecule has 1 N–H and O–H groups in total. The minimum Gasteiger partial charge on any atom is -0.493 e. The number of benzene rings is 1.